The summed E-state index contributed by atoms with van der Waals surface area (Å²) >= 11 is 0. The molecule has 0 radical (unpaired) electrons. The van der Waals surface area contributed by atoms with Gasteiger partial charge in [-0.2, -0.15) is 0 Å². The van der Waals surface area contributed by atoms with Crippen molar-refractivity contribution in [2.24, 2.45) is 11.8 Å². The van der Waals surface area contributed by atoms with E-state index >= 15 is 0 Å². The molecule has 19 heavy (non-hydrogen) atoms. The molecule has 1 aliphatic carbocycles. The maximum atomic E-state index is 4.35. The third-order valence-electron chi connectivity index (χ3n) is 3.87. The normalized spacial score (nSPS) is 27.0. The summed E-state index contributed by atoms with van der Waals surface area (Å²) in [5, 5.41) is 7.02. The van der Waals surface area contributed by atoms with E-state index in [0.29, 0.717) is 6.04 Å². The summed E-state index contributed by atoms with van der Waals surface area (Å²) in [7, 11) is 0. The Morgan fingerprint density at radius 2 is 1.95 bits per heavy atom. The van der Waals surface area contributed by atoms with Gasteiger partial charge in [0, 0.05) is 30.5 Å². The van der Waals surface area contributed by atoms with Crippen molar-refractivity contribution in [3.8, 4) is 0 Å². The van der Waals surface area contributed by atoms with Crippen LogP contribution in [0.15, 0.2) is 18.3 Å². The standard InChI is InChI=1S/C16H27N3/c1-4-6-17-16-11-14(5-7-18-16)19-15-9-12(2)8-13(3)10-15/h5,7,11-13,15H,4,6,8-10H2,1-3H3,(H2,17,18,19). The number of rotatable bonds is 5. The third kappa shape index (κ3) is 4.41. The maximum Gasteiger partial charge on any atom is 0.127 e. The topological polar surface area (TPSA) is 37.0 Å². The number of anilines is 2. The van der Waals surface area contributed by atoms with E-state index in [1.54, 1.807) is 0 Å². The van der Waals surface area contributed by atoms with Gasteiger partial charge in [0.1, 0.15) is 5.82 Å². The minimum atomic E-state index is 0.611. The molecule has 1 saturated carbocycles. The zero-order valence-corrected chi connectivity index (χ0v) is 12.4. The second-order valence-corrected chi connectivity index (χ2v) is 6.12. The fraction of sp³-hybridized carbons (Fsp3) is 0.688. The number of nitrogens with zero attached hydrogens (tertiary/aromatic N) is 1. The van der Waals surface area contributed by atoms with E-state index in [0.717, 1.165) is 30.6 Å². The molecule has 1 heterocycles. The molecule has 0 aliphatic heterocycles. The molecule has 1 aromatic rings. The van der Waals surface area contributed by atoms with Gasteiger partial charge in [-0.25, -0.2) is 4.98 Å². The van der Waals surface area contributed by atoms with Gasteiger partial charge in [-0.1, -0.05) is 20.8 Å². The fourth-order valence-electron chi connectivity index (χ4n) is 3.17. The van der Waals surface area contributed by atoms with Crippen molar-refractivity contribution < 1.29 is 0 Å². The Labute approximate surface area is 117 Å². The summed E-state index contributed by atoms with van der Waals surface area (Å²) in [4.78, 5) is 4.35. The Morgan fingerprint density at radius 1 is 1.21 bits per heavy atom. The number of pyridine rings is 1. The molecule has 0 saturated heterocycles. The summed E-state index contributed by atoms with van der Waals surface area (Å²) in [6, 6.07) is 4.81. The zero-order chi connectivity index (χ0) is 13.7. The van der Waals surface area contributed by atoms with E-state index in [1.165, 1.54) is 24.9 Å². The smallest absolute Gasteiger partial charge is 0.127 e. The average Bonchev–Trinajstić information content (AvgIpc) is 2.35. The first-order valence-corrected chi connectivity index (χ1v) is 7.63. The predicted octanol–water partition coefficient (Wildman–Crippen LogP) is 4.14. The van der Waals surface area contributed by atoms with Crippen molar-refractivity contribution in [3.05, 3.63) is 18.3 Å². The predicted molar refractivity (Wildman–Crippen MR) is 82.6 cm³/mol. The van der Waals surface area contributed by atoms with E-state index in [2.05, 4.69) is 48.5 Å². The third-order valence-corrected chi connectivity index (χ3v) is 3.87. The second-order valence-electron chi connectivity index (χ2n) is 6.12. The molecule has 2 unspecified atom stereocenters. The van der Waals surface area contributed by atoms with Crippen LogP contribution in [0.1, 0.15) is 46.5 Å². The largest absolute Gasteiger partial charge is 0.382 e. The first-order chi connectivity index (χ1) is 9.17. The van der Waals surface area contributed by atoms with Crippen LogP contribution in [0.25, 0.3) is 0 Å². The van der Waals surface area contributed by atoms with Crippen LogP contribution in [0.2, 0.25) is 0 Å². The highest BCUT2D eigenvalue weighted by molar-refractivity contribution is 5.52. The van der Waals surface area contributed by atoms with E-state index in [4.69, 9.17) is 0 Å². The Morgan fingerprint density at radius 3 is 2.63 bits per heavy atom. The van der Waals surface area contributed by atoms with Gasteiger partial charge in [0.2, 0.25) is 0 Å². The zero-order valence-electron chi connectivity index (χ0n) is 12.4. The molecule has 0 spiro atoms. The highest BCUT2D eigenvalue weighted by Gasteiger charge is 2.23. The molecule has 1 aromatic heterocycles. The van der Waals surface area contributed by atoms with Crippen molar-refractivity contribution in [3.63, 3.8) is 0 Å². The van der Waals surface area contributed by atoms with Crippen LogP contribution in [0.4, 0.5) is 11.5 Å². The lowest BCUT2D eigenvalue weighted by molar-refractivity contribution is 0.281. The van der Waals surface area contributed by atoms with Gasteiger partial charge in [-0.05, 0) is 43.6 Å². The van der Waals surface area contributed by atoms with Crippen LogP contribution in [0.5, 0.6) is 0 Å². The molecular formula is C16H27N3. The van der Waals surface area contributed by atoms with E-state index in [1.807, 2.05) is 6.20 Å². The maximum absolute atomic E-state index is 4.35. The Bertz CT molecular complexity index is 381. The van der Waals surface area contributed by atoms with Crippen molar-refractivity contribution in [1.29, 1.82) is 0 Å². The van der Waals surface area contributed by atoms with E-state index in [9.17, 15) is 0 Å². The molecule has 3 nitrogen and oxygen atoms in total. The van der Waals surface area contributed by atoms with Crippen molar-refractivity contribution in [2.45, 2.75) is 52.5 Å². The lowest BCUT2D eigenvalue weighted by Gasteiger charge is -2.32. The highest BCUT2D eigenvalue weighted by Crippen LogP contribution is 2.30. The van der Waals surface area contributed by atoms with Gasteiger partial charge in [-0.15, -0.1) is 0 Å². The van der Waals surface area contributed by atoms with Gasteiger partial charge in [0.05, 0.1) is 0 Å². The van der Waals surface area contributed by atoms with Crippen LogP contribution in [0.3, 0.4) is 0 Å². The molecular weight excluding hydrogens is 234 g/mol. The molecule has 1 aliphatic rings. The Balaban J connectivity index is 1.94. The van der Waals surface area contributed by atoms with Gasteiger partial charge < -0.3 is 10.6 Å². The van der Waals surface area contributed by atoms with Gasteiger partial charge in [0.15, 0.2) is 0 Å². The summed E-state index contributed by atoms with van der Waals surface area (Å²) in [5.41, 5.74) is 1.19. The second kappa shape index (κ2) is 6.78. The van der Waals surface area contributed by atoms with Crippen LogP contribution < -0.4 is 10.6 Å². The molecule has 1 fully saturated rings. The SMILES string of the molecule is CCCNc1cc(NC2CC(C)CC(C)C2)ccn1. The minimum Gasteiger partial charge on any atom is -0.382 e. The van der Waals surface area contributed by atoms with Gasteiger partial charge in [-0.3, -0.25) is 0 Å². The molecule has 0 amide bonds. The summed E-state index contributed by atoms with van der Waals surface area (Å²) in [6.45, 7) is 7.88. The first-order valence-electron chi connectivity index (χ1n) is 7.63. The summed E-state index contributed by atoms with van der Waals surface area (Å²) in [5.74, 6) is 2.64. The monoisotopic (exact) mass is 261 g/mol. The quantitative estimate of drug-likeness (QED) is 0.836. The lowest BCUT2D eigenvalue weighted by atomic mass is 9.80. The first kappa shape index (κ1) is 14.2. The molecule has 106 valence electrons. The molecule has 0 aromatic carbocycles. The number of nitrogens with one attached hydrogen (secondary N) is 2. The molecule has 2 atom stereocenters. The van der Waals surface area contributed by atoms with Crippen molar-refractivity contribution in [2.75, 3.05) is 17.2 Å². The lowest BCUT2D eigenvalue weighted by Crippen LogP contribution is -2.30. The van der Waals surface area contributed by atoms with Crippen LogP contribution >= 0.6 is 0 Å². The number of hydrogen-bond acceptors (Lipinski definition) is 3. The number of aromatic nitrogens is 1. The minimum absolute atomic E-state index is 0.611. The summed E-state index contributed by atoms with van der Waals surface area (Å²) < 4.78 is 0. The van der Waals surface area contributed by atoms with E-state index < -0.39 is 0 Å². The Kier molecular flexibility index (Phi) is 5.06. The van der Waals surface area contributed by atoms with E-state index in [-0.39, 0.29) is 0 Å². The van der Waals surface area contributed by atoms with Gasteiger partial charge >= 0.3 is 0 Å². The molecule has 2 N–H and O–H groups in total. The van der Waals surface area contributed by atoms with Crippen LogP contribution in [-0.4, -0.2) is 17.6 Å². The number of hydrogen-bond donors (Lipinski definition) is 2. The summed E-state index contributed by atoms with van der Waals surface area (Å²) in [6.07, 6.45) is 6.94. The molecule has 3 heteroatoms. The Hall–Kier alpha value is -1.25. The molecule has 0 bridgehead atoms. The molecule has 2 rings (SSSR count). The fourth-order valence-corrected chi connectivity index (χ4v) is 3.17. The average molecular weight is 261 g/mol. The van der Waals surface area contributed by atoms with Crippen molar-refractivity contribution in [1.82, 2.24) is 4.98 Å². The highest BCUT2D eigenvalue weighted by atomic mass is 15.0. The van der Waals surface area contributed by atoms with Crippen LogP contribution in [-0.2, 0) is 0 Å². The van der Waals surface area contributed by atoms with Crippen molar-refractivity contribution >= 4 is 11.5 Å². The van der Waals surface area contributed by atoms with Crippen LogP contribution in [0, 0.1) is 11.8 Å². The van der Waals surface area contributed by atoms with Gasteiger partial charge in [0.25, 0.3) is 0 Å².